The van der Waals surface area contributed by atoms with Gasteiger partial charge in [0.05, 0.1) is 5.83 Å². The van der Waals surface area contributed by atoms with Crippen LogP contribution in [-0.4, -0.2) is 5.91 Å². The van der Waals surface area contributed by atoms with Crippen molar-refractivity contribution in [3.05, 3.63) is 12.4 Å². The third kappa shape index (κ3) is 5.14. The summed E-state index contributed by atoms with van der Waals surface area (Å²) < 4.78 is 11.7. The van der Waals surface area contributed by atoms with E-state index in [1.165, 1.54) is 0 Å². The summed E-state index contributed by atoms with van der Waals surface area (Å²) in [5.41, 5.74) is 4.69. The predicted octanol–water partition coefficient (Wildman–Crippen LogP) is 0.735. The van der Waals surface area contributed by atoms with Crippen LogP contribution >= 0.6 is 0 Å². The zero-order valence-corrected chi connectivity index (χ0v) is 4.48. The highest BCUT2D eigenvalue weighted by Gasteiger charge is 1.94. The maximum Gasteiger partial charge on any atom is 0.217 e. The lowest BCUT2D eigenvalue weighted by Gasteiger charge is -1.88. The van der Waals surface area contributed by atoms with Gasteiger partial charge in [-0.1, -0.05) is 6.58 Å². The minimum absolute atomic E-state index is 0.0509. The van der Waals surface area contributed by atoms with Gasteiger partial charge in [0.25, 0.3) is 0 Å². The van der Waals surface area contributed by atoms with E-state index in [9.17, 15) is 9.18 Å². The SMILES string of the molecule is C=C(F)CCC(N)=O. The minimum atomic E-state index is -0.496. The Bertz CT molecular complexity index is 97.0. The van der Waals surface area contributed by atoms with Gasteiger partial charge in [0, 0.05) is 12.8 Å². The number of hydrogen-bond donors (Lipinski definition) is 1. The Labute approximate surface area is 47.2 Å². The summed E-state index contributed by atoms with van der Waals surface area (Å²) in [7, 11) is 0. The van der Waals surface area contributed by atoms with Crippen molar-refractivity contribution in [1.29, 1.82) is 0 Å². The molecule has 46 valence electrons. The van der Waals surface area contributed by atoms with Crippen molar-refractivity contribution in [2.45, 2.75) is 12.8 Å². The molecule has 8 heavy (non-hydrogen) atoms. The molecular formula is C5H8FNO. The monoisotopic (exact) mass is 117 g/mol. The highest BCUT2D eigenvalue weighted by atomic mass is 19.1. The number of rotatable bonds is 3. The Morgan fingerprint density at radius 1 is 1.62 bits per heavy atom. The molecule has 0 saturated heterocycles. The van der Waals surface area contributed by atoms with Crippen LogP contribution in [0.25, 0.3) is 0 Å². The van der Waals surface area contributed by atoms with Crippen LogP contribution in [0.3, 0.4) is 0 Å². The molecule has 0 aliphatic heterocycles. The molecule has 3 heteroatoms. The maximum atomic E-state index is 11.7. The molecule has 0 aliphatic rings. The summed E-state index contributed by atoms with van der Waals surface area (Å²) in [6.45, 7) is 2.95. The van der Waals surface area contributed by atoms with Crippen LogP contribution in [0.15, 0.2) is 12.4 Å². The van der Waals surface area contributed by atoms with Crippen LogP contribution < -0.4 is 5.73 Å². The van der Waals surface area contributed by atoms with E-state index in [1.807, 2.05) is 0 Å². The van der Waals surface area contributed by atoms with Crippen LogP contribution in [0, 0.1) is 0 Å². The van der Waals surface area contributed by atoms with Gasteiger partial charge in [-0.25, -0.2) is 4.39 Å². The van der Waals surface area contributed by atoms with Crippen molar-refractivity contribution in [3.63, 3.8) is 0 Å². The zero-order valence-electron chi connectivity index (χ0n) is 4.48. The number of hydrogen-bond acceptors (Lipinski definition) is 1. The van der Waals surface area contributed by atoms with Crippen molar-refractivity contribution >= 4 is 5.91 Å². The van der Waals surface area contributed by atoms with Gasteiger partial charge in [-0.15, -0.1) is 0 Å². The van der Waals surface area contributed by atoms with Gasteiger partial charge >= 0.3 is 0 Å². The fourth-order valence-electron chi connectivity index (χ4n) is 0.259. The number of amides is 1. The van der Waals surface area contributed by atoms with Crippen molar-refractivity contribution in [2.75, 3.05) is 0 Å². The Hall–Kier alpha value is -0.860. The highest BCUT2D eigenvalue weighted by molar-refractivity contribution is 5.73. The Balaban J connectivity index is 3.18. The highest BCUT2D eigenvalue weighted by Crippen LogP contribution is 2.00. The van der Waals surface area contributed by atoms with Crippen LogP contribution in [0.4, 0.5) is 4.39 Å². The normalized spacial score (nSPS) is 8.62. The third-order valence-electron chi connectivity index (χ3n) is 0.643. The van der Waals surface area contributed by atoms with E-state index in [4.69, 9.17) is 5.73 Å². The first kappa shape index (κ1) is 7.14. The Kier molecular flexibility index (Phi) is 2.84. The molecule has 0 aromatic rings. The minimum Gasteiger partial charge on any atom is -0.370 e. The first-order chi connectivity index (χ1) is 3.63. The van der Waals surface area contributed by atoms with E-state index in [0.717, 1.165) is 0 Å². The molecule has 0 rings (SSSR count). The van der Waals surface area contributed by atoms with Gasteiger partial charge in [-0.3, -0.25) is 4.79 Å². The molecule has 0 bridgehead atoms. The summed E-state index contributed by atoms with van der Waals surface area (Å²) >= 11 is 0. The number of carbonyl (C=O) groups excluding carboxylic acids is 1. The number of nitrogens with two attached hydrogens (primary N) is 1. The van der Waals surface area contributed by atoms with E-state index < -0.39 is 11.7 Å². The molecule has 0 atom stereocenters. The summed E-state index contributed by atoms with van der Waals surface area (Å²) in [6, 6.07) is 0. The van der Waals surface area contributed by atoms with Crippen molar-refractivity contribution in [1.82, 2.24) is 0 Å². The molecule has 0 heterocycles. The Morgan fingerprint density at radius 2 is 2.12 bits per heavy atom. The molecule has 2 N–H and O–H groups in total. The molecule has 0 saturated carbocycles. The van der Waals surface area contributed by atoms with E-state index in [1.54, 1.807) is 0 Å². The molecule has 0 radical (unpaired) electrons. The average Bonchev–Trinajstić information content (AvgIpc) is 1.61. The zero-order chi connectivity index (χ0) is 6.57. The summed E-state index contributed by atoms with van der Waals surface area (Å²) in [5, 5.41) is 0. The fourth-order valence-corrected chi connectivity index (χ4v) is 0.259. The van der Waals surface area contributed by atoms with Crippen molar-refractivity contribution in [2.24, 2.45) is 5.73 Å². The summed E-state index contributed by atoms with van der Waals surface area (Å²) in [6.07, 6.45) is 0.102. The summed E-state index contributed by atoms with van der Waals surface area (Å²) in [4.78, 5) is 9.92. The third-order valence-corrected chi connectivity index (χ3v) is 0.643. The van der Waals surface area contributed by atoms with E-state index in [-0.39, 0.29) is 12.8 Å². The second kappa shape index (κ2) is 3.18. The second-order valence-corrected chi connectivity index (χ2v) is 1.48. The van der Waals surface area contributed by atoms with Crippen LogP contribution in [-0.2, 0) is 4.79 Å². The molecule has 2 nitrogen and oxygen atoms in total. The largest absolute Gasteiger partial charge is 0.370 e. The molecular weight excluding hydrogens is 109 g/mol. The van der Waals surface area contributed by atoms with Gasteiger partial charge in [0.15, 0.2) is 0 Å². The lowest BCUT2D eigenvalue weighted by molar-refractivity contribution is -0.118. The first-order valence-electron chi connectivity index (χ1n) is 2.24. The molecule has 0 unspecified atom stereocenters. The standard InChI is InChI=1S/C5H8FNO/c1-4(6)2-3-5(7)8/h1-3H2,(H2,7,8). The number of primary amides is 1. The van der Waals surface area contributed by atoms with Gasteiger partial charge in [0.2, 0.25) is 5.91 Å². The molecule has 0 aromatic carbocycles. The topological polar surface area (TPSA) is 43.1 Å². The molecule has 0 aliphatic carbocycles. The van der Waals surface area contributed by atoms with Gasteiger partial charge in [-0.05, 0) is 0 Å². The number of allylic oxidation sites excluding steroid dienone is 1. The average molecular weight is 117 g/mol. The van der Waals surface area contributed by atoms with E-state index in [2.05, 4.69) is 6.58 Å². The van der Waals surface area contributed by atoms with Crippen molar-refractivity contribution < 1.29 is 9.18 Å². The van der Waals surface area contributed by atoms with E-state index >= 15 is 0 Å². The first-order valence-corrected chi connectivity index (χ1v) is 2.24. The quantitative estimate of drug-likeness (QED) is 0.582. The van der Waals surface area contributed by atoms with Crippen LogP contribution in [0.2, 0.25) is 0 Å². The molecule has 1 amide bonds. The van der Waals surface area contributed by atoms with Crippen molar-refractivity contribution in [3.8, 4) is 0 Å². The lowest BCUT2D eigenvalue weighted by atomic mass is 10.3. The van der Waals surface area contributed by atoms with E-state index in [0.29, 0.717) is 0 Å². The maximum absolute atomic E-state index is 11.7. The molecule has 0 fully saturated rings. The second-order valence-electron chi connectivity index (χ2n) is 1.48. The van der Waals surface area contributed by atoms with Gasteiger partial charge in [-0.2, -0.15) is 0 Å². The fraction of sp³-hybridized carbons (Fsp3) is 0.400. The Morgan fingerprint density at radius 3 is 2.25 bits per heavy atom. The molecule has 0 spiro atoms. The number of halogens is 1. The van der Waals surface area contributed by atoms with Crippen LogP contribution in [0.1, 0.15) is 12.8 Å². The van der Waals surface area contributed by atoms with Gasteiger partial charge in [0.1, 0.15) is 0 Å². The van der Waals surface area contributed by atoms with Crippen LogP contribution in [0.5, 0.6) is 0 Å². The predicted molar refractivity (Wildman–Crippen MR) is 28.7 cm³/mol. The molecule has 0 aromatic heterocycles. The number of carbonyl (C=O) groups is 1. The lowest BCUT2D eigenvalue weighted by Crippen LogP contribution is -2.09. The van der Waals surface area contributed by atoms with Gasteiger partial charge < -0.3 is 5.73 Å². The summed E-state index contributed by atoms with van der Waals surface area (Å²) in [5.74, 6) is -0.993. The smallest absolute Gasteiger partial charge is 0.217 e.